The average Bonchev–Trinajstić information content (AvgIpc) is 3.55. The molecular weight excluding hydrogens is 422 g/mol. The zero-order valence-corrected chi connectivity index (χ0v) is 18.5. The van der Waals surface area contributed by atoms with E-state index in [1.807, 2.05) is 66.3 Å². The van der Waals surface area contributed by atoms with E-state index < -0.39 is 0 Å². The van der Waals surface area contributed by atoms with Gasteiger partial charge in [-0.3, -0.25) is 14.2 Å². The molecule has 2 aromatic heterocycles. The van der Waals surface area contributed by atoms with E-state index in [0.717, 1.165) is 28.6 Å². The summed E-state index contributed by atoms with van der Waals surface area (Å²) < 4.78 is 3.75. The molecule has 1 N–H and O–H groups in total. The second kappa shape index (κ2) is 8.63. The Labute approximate surface area is 189 Å². The minimum absolute atomic E-state index is 0.00527. The Balaban J connectivity index is 1.25. The minimum atomic E-state index is -0.0979. The van der Waals surface area contributed by atoms with E-state index in [1.54, 1.807) is 22.5 Å². The summed E-state index contributed by atoms with van der Waals surface area (Å²) in [6, 6.07) is 15.3. The van der Waals surface area contributed by atoms with Crippen LogP contribution in [0, 0.1) is 0 Å². The highest BCUT2D eigenvalue weighted by molar-refractivity contribution is 7.99. The van der Waals surface area contributed by atoms with Crippen LogP contribution in [0.5, 0.6) is 0 Å². The van der Waals surface area contributed by atoms with Gasteiger partial charge >= 0.3 is 0 Å². The molecule has 1 aliphatic rings. The first kappa shape index (κ1) is 20.5. The van der Waals surface area contributed by atoms with E-state index in [2.05, 4.69) is 10.3 Å². The van der Waals surface area contributed by atoms with Crippen LogP contribution < -0.4 is 10.9 Å². The molecule has 1 saturated carbocycles. The van der Waals surface area contributed by atoms with Gasteiger partial charge in [-0.2, -0.15) is 0 Å². The predicted molar refractivity (Wildman–Crippen MR) is 125 cm³/mol. The van der Waals surface area contributed by atoms with Gasteiger partial charge in [-0.25, -0.2) is 9.97 Å². The first-order valence-corrected chi connectivity index (χ1v) is 11.5. The normalized spacial score (nSPS) is 13.4. The van der Waals surface area contributed by atoms with E-state index in [-0.39, 0.29) is 23.9 Å². The fraction of sp³-hybridized carbons (Fsp3) is 0.250. The molecule has 0 aliphatic heterocycles. The third-order valence-corrected chi connectivity index (χ3v) is 6.58. The molecule has 7 nitrogen and oxygen atoms in total. The van der Waals surface area contributed by atoms with Crippen molar-refractivity contribution in [1.82, 2.24) is 19.1 Å². The van der Waals surface area contributed by atoms with E-state index in [1.165, 1.54) is 0 Å². The van der Waals surface area contributed by atoms with Crippen LogP contribution in [0.4, 0.5) is 5.69 Å². The third kappa shape index (κ3) is 4.31. The third-order valence-electron chi connectivity index (χ3n) is 5.49. The molecule has 0 atom stereocenters. The minimum Gasteiger partial charge on any atom is -0.329 e. The number of carbonyl (C=O) groups excluding carboxylic acids is 1. The Morgan fingerprint density at radius 3 is 2.66 bits per heavy atom. The number of imidazole rings is 1. The van der Waals surface area contributed by atoms with Gasteiger partial charge in [-0.15, -0.1) is 0 Å². The van der Waals surface area contributed by atoms with Gasteiger partial charge in [0.25, 0.3) is 5.56 Å². The Morgan fingerprint density at radius 1 is 1.16 bits per heavy atom. The molecule has 0 spiro atoms. The smallest absolute Gasteiger partial charge is 0.261 e. The molecular formula is C24H23N5O2S. The number of aryl methyl sites for hydroxylation is 2. The van der Waals surface area contributed by atoms with Crippen LogP contribution in [0.25, 0.3) is 10.9 Å². The molecule has 0 bridgehead atoms. The maximum atomic E-state index is 12.9. The molecule has 1 aliphatic carbocycles. The van der Waals surface area contributed by atoms with Gasteiger partial charge in [0.1, 0.15) is 5.82 Å². The molecule has 1 amide bonds. The van der Waals surface area contributed by atoms with E-state index in [0.29, 0.717) is 23.1 Å². The lowest BCUT2D eigenvalue weighted by Crippen LogP contribution is -2.25. The summed E-state index contributed by atoms with van der Waals surface area (Å²) in [5.74, 6) is 0.590. The molecule has 162 valence electrons. The summed E-state index contributed by atoms with van der Waals surface area (Å²) >= 11 is 1.57. The Kier molecular flexibility index (Phi) is 5.53. The molecule has 0 unspecified atom stereocenters. The monoisotopic (exact) mass is 445 g/mol. The van der Waals surface area contributed by atoms with Gasteiger partial charge in [-0.05, 0) is 49.2 Å². The van der Waals surface area contributed by atoms with Gasteiger partial charge in [0.15, 0.2) is 5.16 Å². The lowest BCUT2D eigenvalue weighted by atomic mass is 10.2. The van der Waals surface area contributed by atoms with E-state index >= 15 is 0 Å². The number of hydrogen-bond donors (Lipinski definition) is 1. The zero-order valence-electron chi connectivity index (χ0n) is 17.7. The number of nitrogens with zero attached hydrogens (tertiary/aromatic N) is 4. The van der Waals surface area contributed by atoms with Gasteiger partial charge in [0, 0.05) is 48.9 Å². The fourth-order valence-electron chi connectivity index (χ4n) is 3.69. The van der Waals surface area contributed by atoms with E-state index in [4.69, 9.17) is 4.98 Å². The van der Waals surface area contributed by atoms with Gasteiger partial charge < -0.3 is 9.88 Å². The van der Waals surface area contributed by atoms with Crippen LogP contribution in [0.1, 0.15) is 31.1 Å². The van der Waals surface area contributed by atoms with Crippen LogP contribution in [0.2, 0.25) is 0 Å². The number of hydrogen-bond acceptors (Lipinski definition) is 5. The molecule has 5 rings (SSSR count). The van der Waals surface area contributed by atoms with Crippen molar-refractivity contribution >= 4 is 34.3 Å². The molecule has 1 fully saturated rings. The quantitative estimate of drug-likeness (QED) is 0.461. The van der Waals surface area contributed by atoms with Gasteiger partial charge in [-0.1, -0.05) is 23.9 Å². The summed E-state index contributed by atoms with van der Waals surface area (Å²) in [4.78, 5) is 35.6. The highest BCUT2D eigenvalue weighted by Crippen LogP contribution is 2.35. The van der Waals surface area contributed by atoms with Gasteiger partial charge in [0.2, 0.25) is 5.91 Å². The molecule has 32 heavy (non-hydrogen) atoms. The molecule has 4 aromatic rings. The van der Waals surface area contributed by atoms with Crippen molar-refractivity contribution in [1.29, 1.82) is 0 Å². The topological polar surface area (TPSA) is 81.8 Å². The summed E-state index contributed by atoms with van der Waals surface area (Å²) in [6.07, 6.45) is 6.34. The number of fused-ring (bicyclic) bond motifs is 1. The Morgan fingerprint density at radius 2 is 1.94 bits per heavy atom. The second-order valence-corrected chi connectivity index (χ2v) is 8.99. The number of amides is 1. The number of benzene rings is 2. The number of nitrogens with one attached hydrogen (secondary N) is 1. The molecule has 2 heterocycles. The van der Waals surface area contributed by atoms with Crippen LogP contribution in [0.15, 0.2) is 75.8 Å². The summed E-state index contributed by atoms with van der Waals surface area (Å²) in [5, 5.41) is 4.49. The summed E-state index contributed by atoms with van der Waals surface area (Å²) in [6.45, 7) is 0. The van der Waals surface area contributed by atoms with Crippen molar-refractivity contribution in [2.24, 2.45) is 7.05 Å². The van der Waals surface area contributed by atoms with Gasteiger partial charge in [0.05, 0.1) is 10.9 Å². The number of rotatable bonds is 7. The number of anilines is 1. The average molecular weight is 446 g/mol. The largest absolute Gasteiger partial charge is 0.329 e. The fourth-order valence-corrected chi connectivity index (χ4v) is 4.49. The SMILES string of the molecule is Cn1ccnc1Sc1ccc(NC(=O)CCc2nc3ccccc3c(=O)n2C2CC2)cc1. The van der Waals surface area contributed by atoms with Crippen molar-refractivity contribution in [2.45, 2.75) is 41.8 Å². The van der Waals surface area contributed by atoms with Crippen molar-refractivity contribution in [3.05, 3.63) is 77.1 Å². The molecule has 0 saturated heterocycles. The second-order valence-electron chi connectivity index (χ2n) is 7.95. The Bertz CT molecular complexity index is 1340. The first-order valence-electron chi connectivity index (χ1n) is 10.6. The van der Waals surface area contributed by atoms with Crippen LogP contribution in [-0.2, 0) is 18.3 Å². The van der Waals surface area contributed by atoms with Crippen molar-refractivity contribution in [3.8, 4) is 0 Å². The van der Waals surface area contributed by atoms with Crippen molar-refractivity contribution < 1.29 is 4.79 Å². The van der Waals surface area contributed by atoms with Crippen molar-refractivity contribution in [2.75, 3.05) is 5.32 Å². The zero-order chi connectivity index (χ0) is 22.1. The summed E-state index contributed by atoms with van der Waals surface area (Å²) in [7, 11) is 1.96. The maximum absolute atomic E-state index is 12.9. The molecule has 2 aromatic carbocycles. The van der Waals surface area contributed by atoms with Crippen LogP contribution >= 0.6 is 11.8 Å². The maximum Gasteiger partial charge on any atom is 0.261 e. The first-order chi connectivity index (χ1) is 15.6. The number of para-hydroxylation sites is 1. The van der Waals surface area contributed by atoms with Crippen molar-refractivity contribution in [3.63, 3.8) is 0 Å². The summed E-state index contributed by atoms with van der Waals surface area (Å²) in [5.41, 5.74) is 1.42. The Hall–Kier alpha value is -3.39. The van der Waals surface area contributed by atoms with Crippen LogP contribution in [-0.4, -0.2) is 25.0 Å². The number of carbonyl (C=O) groups is 1. The standard InChI is InChI=1S/C24H23N5O2S/c1-28-15-14-25-24(28)32-18-10-6-16(7-11-18)26-22(30)13-12-21-27-20-5-3-2-4-19(20)23(31)29(21)17-8-9-17/h2-7,10-11,14-15,17H,8-9,12-13H2,1H3,(H,26,30). The highest BCUT2D eigenvalue weighted by Gasteiger charge is 2.28. The predicted octanol–water partition coefficient (Wildman–Crippen LogP) is 4.19. The molecule has 0 radical (unpaired) electrons. The van der Waals surface area contributed by atoms with Crippen LogP contribution in [0.3, 0.4) is 0 Å². The molecule has 8 heteroatoms. The lowest BCUT2D eigenvalue weighted by Gasteiger charge is -2.13. The number of aromatic nitrogens is 4. The lowest BCUT2D eigenvalue weighted by molar-refractivity contribution is -0.116. The van der Waals surface area contributed by atoms with E-state index in [9.17, 15) is 9.59 Å². The highest BCUT2D eigenvalue weighted by atomic mass is 32.2.